The molecule has 0 saturated carbocycles. The Balaban J connectivity index is 1.89. The van der Waals surface area contributed by atoms with Gasteiger partial charge >= 0.3 is 0 Å². The van der Waals surface area contributed by atoms with E-state index in [4.69, 9.17) is 0 Å². The highest BCUT2D eigenvalue weighted by Crippen LogP contribution is 2.36. The molecule has 0 atom stereocenters. The Morgan fingerprint density at radius 3 is 2.62 bits per heavy atom. The molecule has 1 saturated heterocycles. The first-order chi connectivity index (χ1) is 11.5. The Kier molecular flexibility index (Phi) is 5.31. The number of thioether (sulfide) groups is 1. The van der Waals surface area contributed by atoms with Crippen LogP contribution in [0.4, 0.5) is 4.79 Å². The quantitative estimate of drug-likeness (QED) is 0.462. The van der Waals surface area contributed by atoms with Gasteiger partial charge in [0.2, 0.25) is 0 Å². The number of nitrogens with zero attached hydrogens (tertiary/aromatic N) is 1. The molecule has 0 spiro atoms. The SMILES string of the molecule is O=C1S/C(=C\c2cc(Br)cc(I)c2O)C(=O)N1Cc1ccccc1. The summed E-state index contributed by atoms with van der Waals surface area (Å²) in [5.74, 6) is -0.253. The summed E-state index contributed by atoms with van der Waals surface area (Å²) < 4.78 is 1.45. The Hall–Kier alpha value is -1.32. The molecular weight excluding hydrogens is 505 g/mol. The highest BCUT2D eigenvalue weighted by atomic mass is 127. The molecule has 4 nitrogen and oxygen atoms in total. The molecule has 122 valence electrons. The van der Waals surface area contributed by atoms with Gasteiger partial charge in [0.25, 0.3) is 11.1 Å². The van der Waals surface area contributed by atoms with E-state index in [1.54, 1.807) is 18.2 Å². The third-order valence-corrected chi connectivity index (χ3v) is 5.59. The number of rotatable bonds is 3. The van der Waals surface area contributed by atoms with Gasteiger partial charge in [0.1, 0.15) is 5.75 Å². The molecule has 2 aromatic rings. The molecule has 7 heteroatoms. The smallest absolute Gasteiger partial charge is 0.293 e. The third-order valence-electron chi connectivity index (χ3n) is 3.40. The fourth-order valence-electron chi connectivity index (χ4n) is 2.24. The number of carbonyl (C=O) groups is 2. The Labute approximate surface area is 165 Å². The zero-order chi connectivity index (χ0) is 17.3. The standard InChI is InChI=1S/C17H11BrINO3S/c18-12-6-11(15(21)13(19)8-12)7-14-16(22)20(17(23)24-14)9-10-4-2-1-3-5-10/h1-8,21H,9H2/b14-7-. The van der Waals surface area contributed by atoms with Crippen molar-refractivity contribution in [3.63, 3.8) is 0 Å². The molecule has 1 aliphatic heterocycles. The summed E-state index contributed by atoms with van der Waals surface area (Å²) in [5.41, 5.74) is 1.39. The number of carbonyl (C=O) groups excluding carboxylic acids is 2. The van der Waals surface area contributed by atoms with Crippen LogP contribution in [0.3, 0.4) is 0 Å². The summed E-state index contributed by atoms with van der Waals surface area (Å²) in [7, 11) is 0. The largest absolute Gasteiger partial charge is 0.506 e. The number of hydrogen-bond acceptors (Lipinski definition) is 4. The Morgan fingerprint density at radius 2 is 1.92 bits per heavy atom. The second-order valence-electron chi connectivity index (χ2n) is 5.08. The van der Waals surface area contributed by atoms with Gasteiger partial charge < -0.3 is 5.11 Å². The van der Waals surface area contributed by atoms with Crippen molar-refractivity contribution in [3.8, 4) is 5.75 Å². The van der Waals surface area contributed by atoms with E-state index >= 15 is 0 Å². The van der Waals surface area contributed by atoms with E-state index in [1.165, 1.54) is 4.90 Å². The van der Waals surface area contributed by atoms with Crippen LogP contribution in [0.5, 0.6) is 5.75 Å². The molecule has 0 aromatic heterocycles. The summed E-state index contributed by atoms with van der Waals surface area (Å²) in [6.45, 7) is 0.241. The zero-order valence-corrected chi connectivity index (χ0v) is 16.8. The van der Waals surface area contributed by atoms with Crippen molar-refractivity contribution in [1.29, 1.82) is 0 Å². The number of imide groups is 1. The van der Waals surface area contributed by atoms with E-state index in [2.05, 4.69) is 15.9 Å². The van der Waals surface area contributed by atoms with Crippen LogP contribution in [0.1, 0.15) is 11.1 Å². The van der Waals surface area contributed by atoms with Crippen LogP contribution in [0.2, 0.25) is 0 Å². The van der Waals surface area contributed by atoms with E-state index in [9.17, 15) is 14.7 Å². The average Bonchev–Trinajstić information content (AvgIpc) is 2.81. The van der Waals surface area contributed by atoms with E-state index in [0.29, 0.717) is 14.0 Å². The molecule has 3 rings (SSSR count). The zero-order valence-electron chi connectivity index (χ0n) is 12.2. The first kappa shape index (κ1) is 17.5. The second kappa shape index (κ2) is 7.28. The van der Waals surface area contributed by atoms with Gasteiger partial charge in [-0.15, -0.1) is 0 Å². The topological polar surface area (TPSA) is 57.6 Å². The minimum Gasteiger partial charge on any atom is -0.506 e. The molecule has 1 heterocycles. The van der Waals surface area contributed by atoms with Crippen molar-refractivity contribution in [2.45, 2.75) is 6.54 Å². The highest BCUT2D eigenvalue weighted by Gasteiger charge is 2.35. The van der Waals surface area contributed by atoms with Crippen LogP contribution < -0.4 is 0 Å². The predicted octanol–water partition coefficient (Wildman–Crippen LogP) is 5.00. The molecular formula is C17H11BrINO3S. The molecule has 1 aliphatic rings. The van der Waals surface area contributed by atoms with Crippen molar-refractivity contribution >= 4 is 67.5 Å². The third kappa shape index (κ3) is 3.68. The van der Waals surface area contributed by atoms with Crippen molar-refractivity contribution in [2.24, 2.45) is 0 Å². The molecule has 2 aromatic carbocycles. The number of phenols is 1. The van der Waals surface area contributed by atoms with Gasteiger partial charge in [-0.2, -0.15) is 0 Å². The fraction of sp³-hybridized carbons (Fsp3) is 0.0588. The lowest BCUT2D eigenvalue weighted by Gasteiger charge is -2.12. The maximum Gasteiger partial charge on any atom is 0.293 e. The molecule has 24 heavy (non-hydrogen) atoms. The number of hydrogen-bond donors (Lipinski definition) is 1. The molecule has 1 fully saturated rings. The number of benzene rings is 2. The van der Waals surface area contributed by atoms with Gasteiger partial charge in [-0.05, 0) is 58.1 Å². The van der Waals surface area contributed by atoms with Gasteiger partial charge in [0.15, 0.2) is 0 Å². The summed E-state index contributed by atoms with van der Waals surface area (Å²) >= 11 is 6.26. The van der Waals surface area contributed by atoms with E-state index in [0.717, 1.165) is 21.8 Å². The lowest BCUT2D eigenvalue weighted by atomic mass is 10.2. The van der Waals surface area contributed by atoms with Crippen LogP contribution in [-0.2, 0) is 11.3 Å². The van der Waals surface area contributed by atoms with Gasteiger partial charge in [-0.25, -0.2) is 0 Å². The van der Waals surface area contributed by atoms with Crippen molar-refractivity contribution in [3.05, 3.63) is 66.5 Å². The van der Waals surface area contributed by atoms with Crippen LogP contribution in [-0.4, -0.2) is 21.2 Å². The number of phenolic OH excluding ortho intramolecular Hbond substituents is 1. The molecule has 0 radical (unpaired) electrons. The maximum atomic E-state index is 12.5. The van der Waals surface area contributed by atoms with E-state index in [1.807, 2.05) is 52.9 Å². The fourth-order valence-corrected chi connectivity index (χ4v) is 4.62. The maximum absolute atomic E-state index is 12.5. The number of aromatic hydroxyl groups is 1. The van der Waals surface area contributed by atoms with Gasteiger partial charge in [-0.1, -0.05) is 46.3 Å². The summed E-state index contributed by atoms with van der Waals surface area (Å²) in [6, 6.07) is 12.8. The summed E-state index contributed by atoms with van der Waals surface area (Å²) in [5, 5.41) is 9.84. The van der Waals surface area contributed by atoms with Gasteiger partial charge in [0, 0.05) is 10.0 Å². The average molecular weight is 516 g/mol. The van der Waals surface area contributed by atoms with Crippen molar-refractivity contribution in [2.75, 3.05) is 0 Å². The normalized spacial score (nSPS) is 16.2. The number of amides is 2. The van der Waals surface area contributed by atoms with Crippen LogP contribution in [0.25, 0.3) is 6.08 Å². The minimum absolute atomic E-state index is 0.0914. The van der Waals surface area contributed by atoms with Crippen molar-refractivity contribution < 1.29 is 14.7 Å². The second-order valence-corrected chi connectivity index (χ2v) is 8.15. The Bertz CT molecular complexity index is 854. The summed E-state index contributed by atoms with van der Waals surface area (Å²) in [4.78, 5) is 26.2. The lowest BCUT2D eigenvalue weighted by molar-refractivity contribution is -0.123. The van der Waals surface area contributed by atoms with E-state index in [-0.39, 0.29) is 23.4 Å². The first-order valence-corrected chi connectivity index (χ1v) is 9.62. The predicted molar refractivity (Wildman–Crippen MR) is 106 cm³/mol. The molecule has 0 unspecified atom stereocenters. The molecule has 2 amide bonds. The molecule has 0 bridgehead atoms. The molecule has 0 aliphatic carbocycles. The number of halogens is 2. The van der Waals surface area contributed by atoms with E-state index < -0.39 is 0 Å². The monoisotopic (exact) mass is 515 g/mol. The molecule has 1 N–H and O–H groups in total. The van der Waals surface area contributed by atoms with Crippen molar-refractivity contribution in [1.82, 2.24) is 4.90 Å². The first-order valence-electron chi connectivity index (χ1n) is 6.93. The van der Waals surface area contributed by atoms with Crippen LogP contribution in [0, 0.1) is 3.57 Å². The van der Waals surface area contributed by atoms with Crippen LogP contribution in [0.15, 0.2) is 51.8 Å². The van der Waals surface area contributed by atoms with Gasteiger partial charge in [0.05, 0.1) is 15.0 Å². The summed E-state index contributed by atoms with van der Waals surface area (Å²) in [6.07, 6.45) is 1.55. The van der Waals surface area contributed by atoms with Gasteiger partial charge in [-0.3, -0.25) is 14.5 Å². The van der Waals surface area contributed by atoms with Crippen LogP contribution >= 0.6 is 50.3 Å². The Morgan fingerprint density at radius 1 is 1.21 bits per heavy atom. The highest BCUT2D eigenvalue weighted by molar-refractivity contribution is 14.1. The lowest BCUT2D eigenvalue weighted by Crippen LogP contribution is -2.27. The minimum atomic E-state index is -0.344.